The molecule has 0 radical (unpaired) electrons. The molecule has 0 amide bonds. The predicted molar refractivity (Wildman–Crippen MR) is 156 cm³/mol. The van der Waals surface area contributed by atoms with Gasteiger partial charge < -0.3 is 0 Å². The highest BCUT2D eigenvalue weighted by molar-refractivity contribution is 6.31. The average Bonchev–Trinajstić information content (AvgIpc) is 3.36. The Morgan fingerprint density at radius 3 is 2.03 bits per heavy atom. The normalized spacial score (nSPS) is 22.5. The molecule has 5 aliphatic carbocycles. The van der Waals surface area contributed by atoms with Gasteiger partial charge in [-0.25, -0.2) is 0 Å². The molecule has 1 heteroatoms. The van der Waals surface area contributed by atoms with Crippen LogP contribution in [0.2, 0.25) is 5.02 Å². The molecule has 2 saturated carbocycles. The first-order valence-corrected chi connectivity index (χ1v) is 15.1. The molecular formula is C36H35Cl. The number of hydrogen-bond donors (Lipinski definition) is 0. The van der Waals surface area contributed by atoms with Gasteiger partial charge in [0.25, 0.3) is 0 Å². The van der Waals surface area contributed by atoms with Crippen molar-refractivity contribution in [2.24, 2.45) is 0 Å². The van der Waals surface area contributed by atoms with Gasteiger partial charge in [0, 0.05) is 15.9 Å². The third-order valence-electron chi connectivity index (χ3n) is 10.6. The summed E-state index contributed by atoms with van der Waals surface area (Å²) in [6, 6.07) is 23.6. The van der Waals surface area contributed by atoms with Crippen LogP contribution in [0.15, 0.2) is 72.3 Å². The molecule has 3 aromatic rings. The predicted octanol–water partition coefficient (Wildman–Crippen LogP) is 10.4. The van der Waals surface area contributed by atoms with E-state index in [4.69, 9.17) is 11.6 Å². The van der Waals surface area contributed by atoms with E-state index in [2.05, 4.69) is 66.7 Å². The Morgan fingerprint density at radius 1 is 0.595 bits per heavy atom. The van der Waals surface area contributed by atoms with Crippen LogP contribution in [0.25, 0.3) is 22.3 Å². The molecule has 0 unspecified atom stereocenters. The van der Waals surface area contributed by atoms with Crippen molar-refractivity contribution >= 4 is 22.7 Å². The number of benzene rings is 3. The third kappa shape index (κ3) is 3.03. The van der Waals surface area contributed by atoms with Crippen molar-refractivity contribution in [3.63, 3.8) is 0 Å². The van der Waals surface area contributed by atoms with E-state index < -0.39 is 0 Å². The van der Waals surface area contributed by atoms with Gasteiger partial charge in [0.1, 0.15) is 0 Å². The molecule has 3 aromatic carbocycles. The molecule has 8 rings (SSSR count). The Labute approximate surface area is 226 Å². The number of rotatable bonds is 1. The quantitative estimate of drug-likeness (QED) is 0.310. The van der Waals surface area contributed by atoms with Gasteiger partial charge in [-0.2, -0.15) is 0 Å². The Bertz CT molecular complexity index is 1490. The first kappa shape index (κ1) is 22.4. The number of halogens is 1. The topological polar surface area (TPSA) is 0 Å². The van der Waals surface area contributed by atoms with Crippen LogP contribution in [-0.4, -0.2) is 0 Å². The second-order valence-electron chi connectivity index (χ2n) is 12.3. The SMILES string of the molecule is Clc1ccc2c(c1)-c1cc(C3=C4C(=CCC3)C3(CCCCC3)c3ccccc34)ccc1C21CCCCC1. The molecule has 186 valence electrons. The van der Waals surface area contributed by atoms with Crippen LogP contribution >= 0.6 is 11.6 Å². The maximum absolute atomic E-state index is 6.60. The molecule has 0 atom stereocenters. The maximum atomic E-state index is 6.60. The summed E-state index contributed by atoms with van der Waals surface area (Å²) in [7, 11) is 0. The van der Waals surface area contributed by atoms with Crippen molar-refractivity contribution in [1.29, 1.82) is 0 Å². The fourth-order valence-electron chi connectivity index (χ4n) is 9.11. The van der Waals surface area contributed by atoms with E-state index in [-0.39, 0.29) is 10.8 Å². The fourth-order valence-corrected chi connectivity index (χ4v) is 9.28. The molecule has 0 N–H and O–H groups in total. The van der Waals surface area contributed by atoms with Crippen LogP contribution in [0.5, 0.6) is 0 Å². The van der Waals surface area contributed by atoms with Crippen LogP contribution in [0.1, 0.15) is 105 Å². The first-order chi connectivity index (χ1) is 18.2. The van der Waals surface area contributed by atoms with Crippen molar-refractivity contribution in [1.82, 2.24) is 0 Å². The van der Waals surface area contributed by atoms with Gasteiger partial charge in [-0.15, -0.1) is 0 Å². The number of fused-ring (bicyclic) bond motifs is 10. The zero-order valence-electron chi connectivity index (χ0n) is 21.7. The van der Waals surface area contributed by atoms with E-state index in [1.165, 1.54) is 92.0 Å². The molecular weight excluding hydrogens is 468 g/mol. The van der Waals surface area contributed by atoms with Crippen molar-refractivity contribution in [3.8, 4) is 11.1 Å². The highest BCUT2D eigenvalue weighted by Crippen LogP contribution is 2.61. The van der Waals surface area contributed by atoms with Gasteiger partial charge in [-0.3, -0.25) is 0 Å². The first-order valence-electron chi connectivity index (χ1n) is 14.7. The van der Waals surface area contributed by atoms with E-state index >= 15 is 0 Å². The third-order valence-corrected chi connectivity index (χ3v) is 10.9. The van der Waals surface area contributed by atoms with Gasteiger partial charge in [0.2, 0.25) is 0 Å². The van der Waals surface area contributed by atoms with Crippen molar-refractivity contribution < 1.29 is 0 Å². The highest BCUT2D eigenvalue weighted by Gasteiger charge is 2.48. The van der Waals surface area contributed by atoms with E-state index in [1.807, 2.05) is 0 Å². The van der Waals surface area contributed by atoms with Gasteiger partial charge in [0.05, 0.1) is 0 Å². The Hall–Kier alpha value is -2.57. The highest BCUT2D eigenvalue weighted by atomic mass is 35.5. The molecule has 0 heterocycles. The van der Waals surface area contributed by atoms with Crippen LogP contribution in [0.4, 0.5) is 0 Å². The van der Waals surface area contributed by atoms with E-state index in [1.54, 1.807) is 27.8 Å². The zero-order chi connectivity index (χ0) is 24.6. The summed E-state index contributed by atoms with van der Waals surface area (Å²) < 4.78 is 0. The number of allylic oxidation sites excluding steroid dienone is 4. The molecule has 0 bridgehead atoms. The molecule has 37 heavy (non-hydrogen) atoms. The molecule has 0 aromatic heterocycles. The second kappa shape index (κ2) is 8.21. The van der Waals surface area contributed by atoms with E-state index in [9.17, 15) is 0 Å². The molecule has 2 fully saturated rings. The summed E-state index contributed by atoms with van der Waals surface area (Å²) in [4.78, 5) is 0. The smallest absolute Gasteiger partial charge is 0.0412 e. The Balaban J connectivity index is 1.34. The Kier molecular flexibility index (Phi) is 4.98. The largest absolute Gasteiger partial charge is 0.0843 e. The fraction of sp³-hybridized carbons (Fsp3) is 0.389. The summed E-state index contributed by atoms with van der Waals surface area (Å²) in [6.45, 7) is 0. The van der Waals surface area contributed by atoms with Gasteiger partial charge in [-0.05, 0) is 112 Å². The van der Waals surface area contributed by atoms with Crippen molar-refractivity contribution in [2.75, 3.05) is 0 Å². The summed E-state index contributed by atoms with van der Waals surface area (Å²) in [5.41, 5.74) is 15.7. The minimum Gasteiger partial charge on any atom is -0.0843 e. The van der Waals surface area contributed by atoms with Crippen molar-refractivity contribution in [3.05, 3.63) is 105 Å². The van der Waals surface area contributed by atoms with Gasteiger partial charge in [0.15, 0.2) is 0 Å². The van der Waals surface area contributed by atoms with Crippen LogP contribution in [0, 0.1) is 0 Å². The standard InChI is InChI=1S/C36H35Cl/c37-25-15-17-32-29(23-25)28-22-24(14-16-31(28)35(32)18-5-1-6-19-35)26-11-9-13-33-34(26)27-10-3-4-12-30(27)36(33)20-7-2-8-21-36/h3-4,10,12-17,22-23H,1-2,5-9,11,18-21H2. The van der Waals surface area contributed by atoms with Gasteiger partial charge in [-0.1, -0.05) is 98.7 Å². The summed E-state index contributed by atoms with van der Waals surface area (Å²) in [5, 5.41) is 0.858. The molecule has 0 nitrogen and oxygen atoms in total. The lowest BCUT2D eigenvalue weighted by atomic mass is 9.66. The average molecular weight is 503 g/mol. The summed E-state index contributed by atoms with van der Waals surface area (Å²) >= 11 is 6.60. The van der Waals surface area contributed by atoms with E-state index in [0.29, 0.717) is 0 Å². The molecule has 0 saturated heterocycles. The lowest BCUT2D eigenvalue weighted by molar-refractivity contribution is 0.352. The summed E-state index contributed by atoms with van der Waals surface area (Å²) in [6.07, 6.45) is 18.2. The minimum atomic E-state index is 0.188. The van der Waals surface area contributed by atoms with Crippen LogP contribution in [0.3, 0.4) is 0 Å². The molecule has 2 spiro atoms. The lowest BCUT2D eigenvalue weighted by Crippen LogP contribution is -2.28. The van der Waals surface area contributed by atoms with Crippen molar-refractivity contribution in [2.45, 2.75) is 87.9 Å². The monoisotopic (exact) mass is 502 g/mol. The Morgan fingerprint density at radius 2 is 1.24 bits per heavy atom. The maximum Gasteiger partial charge on any atom is 0.0412 e. The molecule has 0 aliphatic heterocycles. The molecule has 5 aliphatic rings. The van der Waals surface area contributed by atoms with Crippen LogP contribution < -0.4 is 0 Å². The summed E-state index contributed by atoms with van der Waals surface area (Å²) in [5.74, 6) is 0. The zero-order valence-corrected chi connectivity index (χ0v) is 22.5. The number of hydrogen-bond acceptors (Lipinski definition) is 0. The van der Waals surface area contributed by atoms with Gasteiger partial charge >= 0.3 is 0 Å². The van der Waals surface area contributed by atoms with E-state index in [0.717, 1.165) is 17.9 Å². The second-order valence-corrected chi connectivity index (χ2v) is 12.7. The lowest BCUT2D eigenvalue weighted by Gasteiger charge is -2.37. The van der Waals surface area contributed by atoms with Crippen LogP contribution in [-0.2, 0) is 10.8 Å². The minimum absolute atomic E-state index is 0.188.